The van der Waals surface area contributed by atoms with Gasteiger partial charge in [-0.25, -0.2) is 24.3 Å². The molecule has 5 aromatic rings. The molecule has 4 heterocycles. The Bertz CT molecular complexity index is 1560. The van der Waals surface area contributed by atoms with Crippen LogP contribution in [0.5, 0.6) is 0 Å². The van der Waals surface area contributed by atoms with Gasteiger partial charge in [0.15, 0.2) is 5.82 Å². The van der Waals surface area contributed by atoms with Crippen LogP contribution in [0.25, 0.3) is 22.4 Å². The highest BCUT2D eigenvalue weighted by molar-refractivity contribution is 5.79. The SMILES string of the molecule is Fc1ccc2c(c1)CN(c1nccc(-c3nccc(C#Cc4ccc5[nH]ncc5c4)n3)n1)C2. The van der Waals surface area contributed by atoms with Crippen LogP contribution in [0.4, 0.5) is 10.3 Å². The van der Waals surface area contributed by atoms with E-state index in [1.807, 2.05) is 29.2 Å². The average Bonchev–Trinajstić information content (AvgIpc) is 3.49. The minimum Gasteiger partial charge on any atom is -0.332 e. The van der Waals surface area contributed by atoms with Crippen molar-refractivity contribution in [2.24, 2.45) is 0 Å². The second-order valence-corrected chi connectivity index (χ2v) is 7.70. The molecule has 2 aromatic carbocycles. The van der Waals surface area contributed by atoms with E-state index >= 15 is 0 Å². The number of H-pyrrole nitrogens is 1. The molecule has 0 saturated heterocycles. The molecule has 0 unspecified atom stereocenters. The summed E-state index contributed by atoms with van der Waals surface area (Å²) in [6, 6.07) is 14.3. The van der Waals surface area contributed by atoms with Gasteiger partial charge in [0.2, 0.25) is 5.95 Å². The Morgan fingerprint density at radius 2 is 1.79 bits per heavy atom. The summed E-state index contributed by atoms with van der Waals surface area (Å²) in [7, 11) is 0. The third kappa shape index (κ3) is 3.77. The lowest BCUT2D eigenvalue weighted by atomic mass is 10.1. The van der Waals surface area contributed by atoms with Gasteiger partial charge in [-0.1, -0.05) is 12.0 Å². The van der Waals surface area contributed by atoms with E-state index in [0.29, 0.717) is 36.3 Å². The van der Waals surface area contributed by atoms with Crippen molar-refractivity contribution >= 4 is 16.9 Å². The van der Waals surface area contributed by atoms with Crippen LogP contribution in [0.3, 0.4) is 0 Å². The normalized spacial score (nSPS) is 12.5. The number of fused-ring (bicyclic) bond motifs is 2. The molecule has 3 aromatic heterocycles. The van der Waals surface area contributed by atoms with Crippen molar-refractivity contribution < 1.29 is 4.39 Å². The number of aromatic nitrogens is 6. The topological polar surface area (TPSA) is 83.5 Å². The largest absolute Gasteiger partial charge is 0.332 e. The molecule has 158 valence electrons. The molecule has 7 nitrogen and oxygen atoms in total. The summed E-state index contributed by atoms with van der Waals surface area (Å²) < 4.78 is 13.6. The van der Waals surface area contributed by atoms with E-state index in [0.717, 1.165) is 27.6 Å². The lowest BCUT2D eigenvalue weighted by Gasteiger charge is -2.15. The lowest BCUT2D eigenvalue weighted by molar-refractivity contribution is 0.626. The number of nitrogens with one attached hydrogen (secondary N) is 1. The predicted octanol–water partition coefficient (Wildman–Crippen LogP) is 3.87. The first kappa shape index (κ1) is 19.1. The maximum atomic E-state index is 13.6. The zero-order valence-electron chi connectivity index (χ0n) is 17.3. The molecule has 1 aliphatic heterocycles. The first-order valence-corrected chi connectivity index (χ1v) is 10.4. The monoisotopic (exact) mass is 433 g/mol. The molecule has 0 radical (unpaired) electrons. The Hall–Kier alpha value is -4.64. The number of rotatable bonds is 2. The quantitative estimate of drug-likeness (QED) is 0.426. The van der Waals surface area contributed by atoms with Gasteiger partial charge in [0, 0.05) is 36.4 Å². The summed E-state index contributed by atoms with van der Waals surface area (Å²) in [5.41, 5.74) is 5.06. The molecule has 0 bridgehead atoms. The van der Waals surface area contributed by atoms with Crippen LogP contribution in [-0.4, -0.2) is 30.1 Å². The van der Waals surface area contributed by atoms with Crippen LogP contribution in [-0.2, 0) is 13.1 Å². The Morgan fingerprint density at radius 1 is 0.879 bits per heavy atom. The van der Waals surface area contributed by atoms with E-state index in [9.17, 15) is 4.39 Å². The van der Waals surface area contributed by atoms with Crippen LogP contribution in [0, 0.1) is 17.7 Å². The molecule has 0 saturated carbocycles. The van der Waals surface area contributed by atoms with Crippen molar-refractivity contribution in [3.8, 4) is 23.4 Å². The number of halogens is 1. The highest BCUT2D eigenvalue weighted by Crippen LogP contribution is 2.27. The van der Waals surface area contributed by atoms with Gasteiger partial charge >= 0.3 is 0 Å². The van der Waals surface area contributed by atoms with Crippen molar-refractivity contribution in [2.75, 3.05) is 4.90 Å². The van der Waals surface area contributed by atoms with Gasteiger partial charge in [0.05, 0.1) is 11.7 Å². The maximum absolute atomic E-state index is 13.6. The second-order valence-electron chi connectivity index (χ2n) is 7.70. The van der Waals surface area contributed by atoms with E-state index in [-0.39, 0.29) is 5.82 Å². The lowest BCUT2D eigenvalue weighted by Crippen LogP contribution is -2.17. The van der Waals surface area contributed by atoms with Crippen LogP contribution in [0.2, 0.25) is 0 Å². The van der Waals surface area contributed by atoms with Crippen molar-refractivity contribution in [1.82, 2.24) is 30.1 Å². The number of nitrogens with zero attached hydrogens (tertiary/aromatic N) is 6. The molecular weight excluding hydrogens is 417 g/mol. The first-order valence-electron chi connectivity index (χ1n) is 10.4. The standard InChI is InChI=1S/C25H16FN7/c26-20-4-3-17-14-33(15-19(17)12-20)25-28-10-8-23(31-25)24-27-9-7-21(30-24)5-1-16-2-6-22-18(11-16)13-29-32-22/h2-4,6-13H,14-15H2,(H,29,32). The number of anilines is 1. The fourth-order valence-electron chi connectivity index (χ4n) is 3.84. The summed E-state index contributed by atoms with van der Waals surface area (Å²) in [4.78, 5) is 20.0. The van der Waals surface area contributed by atoms with Gasteiger partial charge < -0.3 is 4.90 Å². The molecule has 0 spiro atoms. The Kier molecular flexibility index (Phi) is 4.51. The summed E-state index contributed by atoms with van der Waals surface area (Å²) in [5, 5.41) is 7.96. The molecule has 1 N–H and O–H groups in total. The van der Waals surface area contributed by atoms with E-state index in [4.69, 9.17) is 0 Å². The van der Waals surface area contributed by atoms with Gasteiger partial charge in [-0.15, -0.1) is 0 Å². The van der Waals surface area contributed by atoms with Crippen molar-refractivity contribution in [3.05, 3.63) is 95.3 Å². The van der Waals surface area contributed by atoms with Crippen molar-refractivity contribution in [1.29, 1.82) is 0 Å². The van der Waals surface area contributed by atoms with Crippen molar-refractivity contribution in [3.63, 3.8) is 0 Å². The van der Waals surface area contributed by atoms with E-state index in [1.165, 1.54) is 6.07 Å². The van der Waals surface area contributed by atoms with Gasteiger partial charge in [-0.3, -0.25) is 5.10 Å². The van der Waals surface area contributed by atoms with Crippen LogP contribution >= 0.6 is 0 Å². The summed E-state index contributed by atoms with van der Waals surface area (Å²) in [6.45, 7) is 1.19. The molecule has 0 aliphatic carbocycles. The Balaban J connectivity index is 1.26. The van der Waals surface area contributed by atoms with Gasteiger partial charge in [0.25, 0.3) is 0 Å². The third-order valence-electron chi connectivity index (χ3n) is 5.48. The average molecular weight is 433 g/mol. The zero-order chi connectivity index (χ0) is 22.2. The second kappa shape index (κ2) is 7.80. The van der Waals surface area contributed by atoms with E-state index in [1.54, 1.807) is 36.8 Å². The first-order chi connectivity index (χ1) is 16.2. The zero-order valence-corrected chi connectivity index (χ0v) is 17.3. The molecule has 6 rings (SSSR count). The molecular formula is C25H16FN7. The van der Waals surface area contributed by atoms with E-state index < -0.39 is 0 Å². The van der Waals surface area contributed by atoms with Crippen LogP contribution < -0.4 is 4.90 Å². The third-order valence-corrected chi connectivity index (χ3v) is 5.48. The molecule has 0 amide bonds. The number of hydrogen-bond donors (Lipinski definition) is 1. The summed E-state index contributed by atoms with van der Waals surface area (Å²) >= 11 is 0. The Labute approximate surface area is 188 Å². The highest BCUT2D eigenvalue weighted by Gasteiger charge is 2.22. The Morgan fingerprint density at radius 3 is 2.76 bits per heavy atom. The summed E-state index contributed by atoms with van der Waals surface area (Å²) in [5.74, 6) is 7.02. The molecule has 0 fully saturated rings. The minimum atomic E-state index is -0.235. The number of aromatic amines is 1. The molecule has 8 heteroatoms. The summed E-state index contributed by atoms with van der Waals surface area (Å²) in [6.07, 6.45) is 5.12. The minimum absolute atomic E-state index is 0.235. The number of benzene rings is 2. The maximum Gasteiger partial charge on any atom is 0.226 e. The fraction of sp³-hybridized carbons (Fsp3) is 0.0800. The van der Waals surface area contributed by atoms with Crippen molar-refractivity contribution in [2.45, 2.75) is 13.1 Å². The van der Waals surface area contributed by atoms with E-state index in [2.05, 4.69) is 42.0 Å². The van der Waals surface area contributed by atoms with Gasteiger partial charge in [-0.2, -0.15) is 5.10 Å². The van der Waals surface area contributed by atoms with Crippen LogP contribution in [0.15, 0.2) is 67.1 Å². The highest BCUT2D eigenvalue weighted by atomic mass is 19.1. The molecule has 33 heavy (non-hydrogen) atoms. The van der Waals surface area contributed by atoms with Gasteiger partial charge in [-0.05, 0) is 59.5 Å². The number of hydrogen-bond acceptors (Lipinski definition) is 6. The van der Waals surface area contributed by atoms with Crippen LogP contribution in [0.1, 0.15) is 22.4 Å². The molecule has 1 aliphatic rings. The fourth-order valence-corrected chi connectivity index (χ4v) is 3.84. The van der Waals surface area contributed by atoms with Gasteiger partial charge in [0.1, 0.15) is 17.2 Å². The molecule has 0 atom stereocenters. The predicted molar refractivity (Wildman–Crippen MR) is 121 cm³/mol. The smallest absolute Gasteiger partial charge is 0.226 e.